The van der Waals surface area contributed by atoms with Gasteiger partial charge in [-0.2, -0.15) is 0 Å². The molecule has 0 radical (unpaired) electrons. The normalized spacial score (nSPS) is 23.1. The Morgan fingerprint density at radius 2 is 1.71 bits per heavy atom. The van der Waals surface area contributed by atoms with Gasteiger partial charge in [-0.15, -0.1) is 0 Å². The molecule has 1 N–H and O–H groups in total. The Labute approximate surface area is 125 Å². The van der Waals surface area contributed by atoms with E-state index >= 15 is 0 Å². The third-order valence-corrected chi connectivity index (χ3v) is 4.67. The maximum absolute atomic E-state index is 12.7. The predicted molar refractivity (Wildman–Crippen MR) is 78.1 cm³/mol. The number of piperazine rings is 1. The zero-order valence-corrected chi connectivity index (χ0v) is 12.5. The van der Waals surface area contributed by atoms with Crippen molar-refractivity contribution in [2.24, 2.45) is 5.92 Å². The molecule has 0 aromatic carbocycles. The fourth-order valence-corrected chi connectivity index (χ4v) is 2.95. The minimum absolute atomic E-state index is 0.184. The van der Waals surface area contributed by atoms with Crippen molar-refractivity contribution < 1.29 is 14.7 Å². The lowest BCUT2D eigenvalue weighted by Gasteiger charge is -2.37. The molecule has 3 fully saturated rings. The van der Waals surface area contributed by atoms with Crippen LogP contribution in [0.3, 0.4) is 0 Å². The maximum Gasteiger partial charge on any atom is 0.320 e. The van der Waals surface area contributed by atoms with Crippen LogP contribution in [0.2, 0.25) is 0 Å². The largest absolute Gasteiger partial charge is 0.481 e. The molecule has 21 heavy (non-hydrogen) atoms. The van der Waals surface area contributed by atoms with E-state index in [0.29, 0.717) is 12.6 Å². The molecule has 1 saturated heterocycles. The number of carbonyl (C=O) groups is 2. The van der Waals surface area contributed by atoms with Gasteiger partial charge in [0, 0.05) is 45.3 Å². The van der Waals surface area contributed by atoms with Gasteiger partial charge in [0.25, 0.3) is 0 Å². The fourth-order valence-electron chi connectivity index (χ4n) is 2.95. The zero-order chi connectivity index (χ0) is 14.8. The highest BCUT2D eigenvalue weighted by Crippen LogP contribution is 2.35. The Kier molecular flexibility index (Phi) is 4.33. The lowest BCUT2D eigenvalue weighted by Crippen LogP contribution is -2.53. The zero-order valence-electron chi connectivity index (χ0n) is 12.5. The van der Waals surface area contributed by atoms with Gasteiger partial charge in [-0.05, 0) is 31.6 Å². The van der Waals surface area contributed by atoms with Crippen LogP contribution in [-0.2, 0) is 4.79 Å². The summed E-state index contributed by atoms with van der Waals surface area (Å²) in [6.07, 6.45) is 5.07. The molecule has 0 atom stereocenters. The third-order valence-electron chi connectivity index (χ3n) is 4.67. The Morgan fingerprint density at radius 3 is 2.24 bits per heavy atom. The van der Waals surface area contributed by atoms with Crippen molar-refractivity contribution in [1.82, 2.24) is 14.7 Å². The summed E-state index contributed by atoms with van der Waals surface area (Å²) in [5.74, 6) is -0.00995. The quantitative estimate of drug-likeness (QED) is 0.796. The van der Waals surface area contributed by atoms with Crippen molar-refractivity contribution >= 4 is 12.0 Å². The van der Waals surface area contributed by atoms with Crippen molar-refractivity contribution in [3.63, 3.8) is 0 Å². The molecule has 118 valence electrons. The Balaban J connectivity index is 1.46. The number of carboxylic acids is 1. The number of hydrogen-bond acceptors (Lipinski definition) is 3. The van der Waals surface area contributed by atoms with Gasteiger partial charge in [0.2, 0.25) is 0 Å². The van der Waals surface area contributed by atoms with Crippen LogP contribution in [0, 0.1) is 5.92 Å². The maximum atomic E-state index is 12.7. The van der Waals surface area contributed by atoms with E-state index < -0.39 is 5.97 Å². The lowest BCUT2D eigenvalue weighted by molar-refractivity contribution is -0.137. The first kappa shape index (κ1) is 14.6. The Hall–Kier alpha value is -1.30. The van der Waals surface area contributed by atoms with Crippen molar-refractivity contribution in [2.75, 3.05) is 39.3 Å². The molecule has 0 aromatic rings. The SMILES string of the molecule is O=C(O)CCN1CCN(C(=O)N(CC2CC2)C2CC2)CC1. The average Bonchev–Trinajstić information content (AvgIpc) is 3.36. The fraction of sp³-hybridized carbons (Fsp3) is 0.867. The van der Waals surface area contributed by atoms with E-state index in [-0.39, 0.29) is 12.5 Å². The minimum atomic E-state index is -0.752. The molecule has 0 spiro atoms. The van der Waals surface area contributed by atoms with E-state index in [9.17, 15) is 9.59 Å². The first-order valence-corrected chi connectivity index (χ1v) is 8.13. The number of carboxylic acid groups (broad SMARTS) is 1. The molecule has 6 heteroatoms. The van der Waals surface area contributed by atoms with Crippen molar-refractivity contribution in [1.29, 1.82) is 0 Å². The molecular formula is C15H25N3O3. The highest BCUT2D eigenvalue weighted by atomic mass is 16.4. The lowest BCUT2D eigenvalue weighted by atomic mass is 10.3. The van der Waals surface area contributed by atoms with Crippen LogP contribution in [0.15, 0.2) is 0 Å². The van der Waals surface area contributed by atoms with Gasteiger partial charge in [-0.25, -0.2) is 4.79 Å². The van der Waals surface area contributed by atoms with Crippen LogP contribution in [0.4, 0.5) is 4.79 Å². The summed E-state index contributed by atoms with van der Waals surface area (Å²) in [7, 11) is 0. The smallest absolute Gasteiger partial charge is 0.320 e. The van der Waals surface area contributed by atoms with Gasteiger partial charge in [-0.1, -0.05) is 0 Å². The first-order valence-electron chi connectivity index (χ1n) is 8.13. The second-order valence-electron chi connectivity index (χ2n) is 6.58. The Morgan fingerprint density at radius 1 is 1.05 bits per heavy atom. The van der Waals surface area contributed by atoms with Crippen LogP contribution < -0.4 is 0 Å². The summed E-state index contributed by atoms with van der Waals surface area (Å²) in [5, 5.41) is 8.72. The molecule has 2 aliphatic carbocycles. The number of aliphatic carboxylic acids is 1. The van der Waals surface area contributed by atoms with E-state index in [1.165, 1.54) is 12.8 Å². The van der Waals surface area contributed by atoms with Gasteiger partial charge in [0.1, 0.15) is 0 Å². The topological polar surface area (TPSA) is 64.1 Å². The summed E-state index contributed by atoms with van der Waals surface area (Å²) >= 11 is 0. The molecule has 2 saturated carbocycles. The van der Waals surface area contributed by atoms with Gasteiger partial charge in [-0.3, -0.25) is 9.69 Å². The number of urea groups is 1. The van der Waals surface area contributed by atoms with Crippen molar-refractivity contribution in [2.45, 2.75) is 38.1 Å². The summed E-state index contributed by atoms with van der Waals surface area (Å²) in [6, 6.07) is 0.699. The van der Waals surface area contributed by atoms with Gasteiger partial charge < -0.3 is 14.9 Å². The van der Waals surface area contributed by atoms with E-state index in [1.807, 2.05) is 4.90 Å². The molecule has 0 unspecified atom stereocenters. The number of rotatable bonds is 6. The van der Waals surface area contributed by atoms with Crippen molar-refractivity contribution in [3.8, 4) is 0 Å². The molecule has 2 amide bonds. The van der Waals surface area contributed by atoms with Gasteiger partial charge in [0.15, 0.2) is 0 Å². The van der Waals surface area contributed by atoms with Gasteiger partial charge >= 0.3 is 12.0 Å². The highest BCUT2D eigenvalue weighted by Gasteiger charge is 2.38. The second kappa shape index (κ2) is 6.22. The van der Waals surface area contributed by atoms with E-state index in [2.05, 4.69) is 9.80 Å². The molecule has 3 aliphatic rings. The number of carbonyl (C=O) groups excluding carboxylic acids is 1. The van der Waals surface area contributed by atoms with Crippen LogP contribution in [0.25, 0.3) is 0 Å². The first-order chi connectivity index (χ1) is 10.1. The molecule has 6 nitrogen and oxygen atoms in total. The Bertz CT molecular complexity index is 399. The van der Waals surface area contributed by atoms with Crippen LogP contribution in [0.5, 0.6) is 0 Å². The van der Waals surface area contributed by atoms with E-state index in [4.69, 9.17) is 5.11 Å². The number of nitrogens with zero attached hydrogens (tertiary/aromatic N) is 3. The standard InChI is InChI=1S/C15H25N3O3/c19-14(20)5-6-16-7-9-17(10-8-16)15(21)18(13-3-4-13)11-12-1-2-12/h12-13H,1-11H2,(H,19,20). The molecule has 0 bridgehead atoms. The summed E-state index contributed by atoms with van der Waals surface area (Å²) in [4.78, 5) is 29.4. The molecular weight excluding hydrogens is 270 g/mol. The van der Waals surface area contributed by atoms with Gasteiger partial charge in [0.05, 0.1) is 6.42 Å². The van der Waals surface area contributed by atoms with Crippen LogP contribution in [0.1, 0.15) is 32.1 Å². The molecule has 3 rings (SSSR count). The van der Waals surface area contributed by atoms with Crippen LogP contribution in [-0.4, -0.2) is 77.1 Å². The average molecular weight is 295 g/mol. The summed E-state index contributed by atoms with van der Waals surface area (Å²) in [6.45, 7) is 4.58. The number of hydrogen-bond donors (Lipinski definition) is 1. The monoisotopic (exact) mass is 295 g/mol. The van der Waals surface area contributed by atoms with Crippen molar-refractivity contribution in [3.05, 3.63) is 0 Å². The highest BCUT2D eigenvalue weighted by molar-refractivity contribution is 5.75. The van der Waals surface area contributed by atoms with E-state index in [0.717, 1.165) is 51.5 Å². The second-order valence-corrected chi connectivity index (χ2v) is 6.58. The minimum Gasteiger partial charge on any atom is -0.481 e. The molecule has 1 heterocycles. The molecule has 1 aliphatic heterocycles. The summed E-state index contributed by atoms with van der Waals surface area (Å²) < 4.78 is 0. The number of amides is 2. The van der Waals surface area contributed by atoms with Crippen LogP contribution >= 0.6 is 0 Å². The molecule has 0 aromatic heterocycles. The predicted octanol–water partition coefficient (Wildman–Crippen LogP) is 1.07. The third kappa shape index (κ3) is 4.09. The summed E-state index contributed by atoms with van der Waals surface area (Å²) in [5.41, 5.74) is 0. The van der Waals surface area contributed by atoms with E-state index in [1.54, 1.807) is 0 Å².